The van der Waals surface area contributed by atoms with Crippen LogP contribution < -0.4 is 15.3 Å². The maximum Gasteiger partial charge on any atom is 0.324 e. The van der Waals surface area contributed by atoms with Crippen LogP contribution in [0.5, 0.6) is 0 Å². The van der Waals surface area contributed by atoms with Crippen molar-refractivity contribution >= 4 is 36.5 Å². The summed E-state index contributed by atoms with van der Waals surface area (Å²) in [6, 6.07) is 10.0. The minimum Gasteiger partial charge on any atom is -0.389 e. The summed E-state index contributed by atoms with van der Waals surface area (Å²) in [5, 5.41) is 13.8. The highest BCUT2D eigenvalue weighted by molar-refractivity contribution is 6.32. The quantitative estimate of drug-likeness (QED) is 0.664. The molecule has 2 aromatic heterocycles. The molecule has 0 aliphatic carbocycles. The molecule has 8 nitrogen and oxygen atoms in total. The van der Waals surface area contributed by atoms with Gasteiger partial charge in [0.25, 0.3) is 0 Å². The molecule has 1 atom stereocenters. The number of hydrogen-bond donors (Lipinski definition) is 1. The van der Waals surface area contributed by atoms with Gasteiger partial charge in [0, 0.05) is 19.8 Å². The first kappa shape index (κ1) is 18.9. The average Bonchev–Trinajstić information content (AvgIpc) is 3.37. The Balaban J connectivity index is 1.46. The maximum absolute atomic E-state index is 12.7. The smallest absolute Gasteiger partial charge is 0.324 e. The number of carbonyl (C=O) groups is 1. The Morgan fingerprint density at radius 1 is 1.30 bits per heavy atom. The van der Waals surface area contributed by atoms with Gasteiger partial charge in [-0.1, -0.05) is 29.7 Å². The molecule has 1 N–H and O–H groups in total. The fourth-order valence-electron chi connectivity index (χ4n) is 4.32. The van der Waals surface area contributed by atoms with Gasteiger partial charge < -0.3 is 14.9 Å². The van der Waals surface area contributed by atoms with Crippen molar-refractivity contribution in [3.05, 3.63) is 48.3 Å². The van der Waals surface area contributed by atoms with Crippen molar-refractivity contribution in [2.24, 2.45) is 0 Å². The molecule has 0 spiro atoms. The molecule has 1 unspecified atom stereocenters. The second kappa shape index (κ2) is 7.32. The van der Waals surface area contributed by atoms with Gasteiger partial charge in [-0.05, 0) is 24.5 Å². The number of aliphatic hydroxyl groups is 1. The molecule has 0 saturated carbocycles. The summed E-state index contributed by atoms with van der Waals surface area (Å²) in [7, 11) is 7.71. The van der Waals surface area contributed by atoms with Gasteiger partial charge in [0.15, 0.2) is 5.65 Å². The molecule has 3 aromatic rings. The first-order chi connectivity index (χ1) is 14.5. The molecule has 4 heterocycles. The molecule has 2 saturated heterocycles. The SMILES string of the molecule is [B]c1cccc(C2CCCN2c2ccn3ncc(N(C)C(=O)N4CC(O)C4)c3n2)c1. The van der Waals surface area contributed by atoms with Crippen LogP contribution in [0.25, 0.3) is 5.65 Å². The number of benzene rings is 1. The Morgan fingerprint density at radius 3 is 2.90 bits per heavy atom. The van der Waals surface area contributed by atoms with E-state index in [0.29, 0.717) is 24.4 Å². The van der Waals surface area contributed by atoms with E-state index in [9.17, 15) is 9.90 Å². The highest BCUT2D eigenvalue weighted by Gasteiger charge is 2.32. The van der Waals surface area contributed by atoms with Crippen molar-refractivity contribution in [3.63, 3.8) is 0 Å². The van der Waals surface area contributed by atoms with Gasteiger partial charge in [-0.2, -0.15) is 5.10 Å². The number of hydrogen-bond acceptors (Lipinski definition) is 5. The van der Waals surface area contributed by atoms with Crippen molar-refractivity contribution in [1.29, 1.82) is 0 Å². The first-order valence-corrected chi connectivity index (χ1v) is 10.2. The topological polar surface area (TPSA) is 77.2 Å². The van der Waals surface area contributed by atoms with Gasteiger partial charge >= 0.3 is 6.03 Å². The van der Waals surface area contributed by atoms with Crippen molar-refractivity contribution in [1.82, 2.24) is 19.5 Å². The van der Waals surface area contributed by atoms with Gasteiger partial charge in [-0.3, -0.25) is 4.90 Å². The molecule has 2 fully saturated rings. The second-order valence-electron chi connectivity index (χ2n) is 8.01. The van der Waals surface area contributed by atoms with E-state index in [-0.39, 0.29) is 12.1 Å². The molecule has 2 amide bonds. The predicted molar refractivity (Wildman–Crippen MR) is 116 cm³/mol. The van der Waals surface area contributed by atoms with E-state index < -0.39 is 6.10 Å². The number of nitrogens with zero attached hydrogens (tertiary/aromatic N) is 6. The first-order valence-electron chi connectivity index (χ1n) is 10.2. The van der Waals surface area contributed by atoms with E-state index in [4.69, 9.17) is 12.8 Å². The molecule has 152 valence electrons. The molecule has 0 bridgehead atoms. The number of rotatable bonds is 3. The monoisotopic (exact) mass is 402 g/mol. The number of carbonyl (C=O) groups excluding carboxylic acids is 1. The summed E-state index contributed by atoms with van der Waals surface area (Å²) in [5.74, 6) is 0.856. The Hall–Kier alpha value is -3.07. The van der Waals surface area contributed by atoms with Crippen LogP contribution in [-0.2, 0) is 0 Å². The molecule has 9 heteroatoms. The third-order valence-corrected chi connectivity index (χ3v) is 5.96. The van der Waals surface area contributed by atoms with E-state index in [2.05, 4.69) is 16.1 Å². The van der Waals surface area contributed by atoms with E-state index in [0.717, 1.165) is 30.7 Å². The van der Waals surface area contributed by atoms with Crippen LogP contribution in [0.1, 0.15) is 24.4 Å². The molecular formula is C21H23BN6O2. The second-order valence-corrected chi connectivity index (χ2v) is 8.01. The number of urea groups is 1. The molecule has 5 rings (SSSR count). The lowest BCUT2D eigenvalue weighted by atomic mass is 9.92. The molecule has 30 heavy (non-hydrogen) atoms. The van der Waals surface area contributed by atoms with Crippen LogP contribution in [0.2, 0.25) is 0 Å². The van der Waals surface area contributed by atoms with Crippen LogP contribution in [0.4, 0.5) is 16.3 Å². The number of aliphatic hydroxyl groups excluding tert-OH is 1. The summed E-state index contributed by atoms with van der Waals surface area (Å²) < 4.78 is 1.68. The van der Waals surface area contributed by atoms with Crippen LogP contribution in [0.15, 0.2) is 42.7 Å². The third-order valence-electron chi connectivity index (χ3n) is 5.96. The van der Waals surface area contributed by atoms with Gasteiger partial charge in [-0.25, -0.2) is 14.3 Å². The lowest BCUT2D eigenvalue weighted by Crippen LogP contribution is -2.57. The van der Waals surface area contributed by atoms with E-state index in [1.807, 2.05) is 30.5 Å². The number of amides is 2. The fraction of sp³-hybridized carbons (Fsp3) is 0.381. The van der Waals surface area contributed by atoms with E-state index in [1.54, 1.807) is 27.6 Å². The van der Waals surface area contributed by atoms with Crippen LogP contribution >= 0.6 is 0 Å². The number of fused-ring (bicyclic) bond motifs is 1. The fourth-order valence-corrected chi connectivity index (χ4v) is 4.32. The summed E-state index contributed by atoms with van der Waals surface area (Å²) in [4.78, 5) is 23.0. The van der Waals surface area contributed by atoms with Crippen LogP contribution in [-0.4, -0.2) is 71.3 Å². The zero-order valence-corrected chi connectivity index (χ0v) is 16.8. The van der Waals surface area contributed by atoms with Crippen LogP contribution in [0, 0.1) is 0 Å². The average molecular weight is 402 g/mol. The molecular weight excluding hydrogens is 379 g/mol. The third kappa shape index (κ3) is 3.19. The summed E-state index contributed by atoms with van der Waals surface area (Å²) in [5.41, 5.74) is 3.22. The minimum atomic E-state index is -0.435. The number of anilines is 2. The Kier molecular flexibility index (Phi) is 4.62. The molecule has 1 aromatic carbocycles. The largest absolute Gasteiger partial charge is 0.389 e. The lowest BCUT2D eigenvalue weighted by molar-refractivity contribution is 0.0291. The summed E-state index contributed by atoms with van der Waals surface area (Å²) in [6.07, 6.45) is 5.21. The zero-order valence-electron chi connectivity index (χ0n) is 16.8. The van der Waals surface area contributed by atoms with E-state index in [1.165, 1.54) is 5.56 Å². The molecule has 2 aliphatic heterocycles. The molecule has 2 radical (unpaired) electrons. The Morgan fingerprint density at radius 2 is 2.13 bits per heavy atom. The minimum absolute atomic E-state index is 0.166. The standard InChI is InChI=1S/C21H23BN6O2/c1-25(21(30)26-12-16(29)13-26)18-11-23-28-9-7-19(24-20(18)28)27-8-3-6-17(27)14-4-2-5-15(22)10-14/h2,4-5,7,9-11,16-17,29H,3,6,8,12-13H2,1H3. The summed E-state index contributed by atoms with van der Waals surface area (Å²) >= 11 is 0. The number of likely N-dealkylation sites (tertiary alicyclic amines) is 1. The van der Waals surface area contributed by atoms with Crippen molar-refractivity contribution in [2.75, 3.05) is 36.5 Å². The maximum atomic E-state index is 12.7. The lowest BCUT2D eigenvalue weighted by Gasteiger charge is -2.38. The van der Waals surface area contributed by atoms with Crippen molar-refractivity contribution in [2.45, 2.75) is 25.0 Å². The van der Waals surface area contributed by atoms with Crippen LogP contribution in [0.3, 0.4) is 0 Å². The number of β-amino-alcohol motifs (C(OH)–C–C–N with tert-alkyl or cyclic N) is 1. The normalized spacial score (nSPS) is 19.3. The van der Waals surface area contributed by atoms with Crippen molar-refractivity contribution in [3.8, 4) is 0 Å². The Bertz CT molecular complexity index is 1100. The summed E-state index contributed by atoms with van der Waals surface area (Å²) in [6.45, 7) is 1.63. The highest BCUT2D eigenvalue weighted by atomic mass is 16.3. The van der Waals surface area contributed by atoms with E-state index >= 15 is 0 Å². The van der Waals surface area contributed by atoms with Crippen molar-refractivity contribution < 1.29 is 9.90 Å². The number of aromatic nitrogens is 3. The van der Waals surface area contributed by atoms with Gasteiger partial charge in [0.05, 0.1) is 31.4 Å². The van der Waals surface area contributed by atoms with Gasteiger partial charge in [0.1, 0.15) is 19.4 Å². The molecule has 2 aliphatic rings. The highest BCUT2D eigenvalue weighted by Crippen LogP contribution is 2.35. The predicted octanol–water partition coefficient (Wildman–Crippen LogP) is 1.10. The van der Waals surface area contributed by atoms with Gasteiger partial charge in [-0.15, -0.1) is 0 Å². The zero-order chi connectivity index (χ0) is 20.8. The van der Waals surface area contributed by atoms with Gasteiger partial charge in [0.2, 0.25) is 0 Å². The Labute approximate surface area is 176 Å².